The molecule has 25 heavy (non-hydrogen) atoms. The molecule has 1 aliphatic heterocycles. The van der Waals surface area contributed by atoms with E-state index >= 15 is 0 Å². The lowest BCUT2D eigenvalue weighted by Crippen LogP contribution is -2.25. The summed E-state index contributed by atoms with van der Waals surface area (Å²) in [6, 6.07) is 10.8. The van der Waals surface area contributed by atoms with Gasteiger partial charge in [0, 0.05) is 12.1 Å². The summed E-state index contributed by atoms with van der Waals surface area (Å²) in [6.07, 6.45) is 0.652. The third-order valence-corrected chi connectivity index (χ3v) is 4.06. The van der Waals surface area contributed by atoms with Crippen LogP contribution in [0.5, 0.6) is 17.2 Å². The van der Waals surface area contributed by atoms with Gasteiger partial charge in [0.05, 0.1) is 11.6 Å². The number of nitrogens with one attached hydrogen (secondary N) is 1. The van der Waals surface area contributed by atoms with Crippen LogP contribution in [0.4, 0.5) is 0 Å². The molecule has 0 fully saturated rings. The lowest BCUT2D eigenvalue weighted by atomic mass is 10.1. The van der Waals surface area contributed by atoms with E-state index in [0.29, 0.717) is 54.9 Å². The number of hydrogen-bond acceptors (Lipinski definition) is 4. The molecule has 3 rings (SSSR count). The Labute approximate surface area is 151 Å². The number of ether oxygens (including phenoxy) is 3. The average Bonchev–Trinajstić information content (AvgIpc) is 2.62. The van der Waals surface area contributed by atoms with E-state index in [1.807, 2.05) is 19.1 Å². The van der Waals surface area contributed by atoms with Crippen molar-refractivity contribution in [3.63, 3.8) is 0 Å². The molecule has 0 saturated carbocycles. The van der Waals surface area contributed by atoms with Crippen LogP contribution in [0.25, 0.3) is 0 Å². The largest absolute Gasteiger partial charge is 0.494 e. The number of carbonyl (C=O) groups excluding carboxylic acids is 1. The van der Waals surface area contributed by atoms with E-state index in [2.05, 4.69) is 5.32 Å². The van der Waals surface area contributed by atoms with Crippen molar-refractivity contribution in [1.29, 1.82) is 0 Å². The Morgan fingerprint density at radius 3 is 2.72 bits per heavy atom. The Balaban J connectivity index is 1.55. The molecule has 0 aromatic heterocycles. The fraction of sp³-hybridized carbons (Fsp3) is 0.316. The Kier molecular flexibility index (Phi) is 5.66. The highest BCUT2D eigenvalue weighted by molar-refractivity contribution is 6.32. The fourth-order valence-corrected chi connectivity index (χ4v) is 2.89. The van der Waals surface area contributed by atoms with Gasteiger partial charge in [0.15, 0.2) is 11.5 Å². The molecule has 0 unspecified atom stereocenters. The van der Waals surface area contributed by atoms with Crippen molar-refractivity contribution in [2.24, 2.45) is 0 Å². The minimum atomic E-state index is -0.119. The van der Waals surface area contributed by atoms with E-state index in [1.54, 1.807) is 24.3 Å². The van der Waals surface area contributed by atoms with Gasteiger partial charge < -0.3 is 19.5 Å². The minimum Gasteiger partial charge on any atom is -0.494 e. The van der Waals surface area contributed by atoms with Gasteiger partial charge in [-0.15, -0.1) is 0 Å². The minimum absolute atomic E-state index is 0.119. The zero-order chi connectivity index (χ0) is 17.6. The fourth-order valence-electron chi connectivity index (χ4n) is 2.60. The van der Waals surface area contributed by atoms with Crippen molar-refractivity contribution in [3.8, 4) is 17.2 Å². The summed E-state index contributed by atoms with van der Waals surface area (Å²) in [5.74, 6) is 1.89. The highest BCUT2D eigenvalue weighted by Gasteiger charge is 2.16. The van der Waals surface area contributed by atoms with Crippen LogP contribution in [0.2, 0.25) is 5.02 Å². The summed E-state index contributed by atoms with van der Waals surface area (Å²) in [5.41, 5.74) is 1.59. The first-order valence-corrected chi connectivity index (χ1v) is 8.64. The van der Waals surface area contributed by atoms with Crippen molar-refractivity contribution in [3.05, 3.63) is 52.5 Å². The summed E-state index contributed by atoms with van der Waals surface area (Å²) >= 11 is 6.22. The normalized spacial score (nSPS) is 12.6. The van der Waals surface area contributed by atoms with Crippen molar-refractivity contribution >= 4 is 17.5 Å². The van der Waals surface area contributed by atoms with E-state index in [9.17, 15) is 4.79 Å². The molecule has 0 aliphatic carbocycles. The molecule has 1 aliphatic rings. The van der Waals surface area contributed by atoms with Gasteiger partial charge in [-0.1, -0.05) is 11.6 Å². The zero-order valence-electron chi connectivity index (χ0n) is 14.0. The van der Waals surface area contributed by atoms with Gasteiger partial charge >= 0.3 is 0 Å². The van der Waals surface area contributed by atoms with Gasteiger partial charge in [0.25, 0.3) is 5.91 Å². The lowest BCUT2D eigenvalue weighted by Gasteiger charge is -2.20. The smallest absolute Gasteiger partial charge is 0.251 e. The number of fused-ring (bicyclic) bond motifs is 1. The lowest BCUT2D eigenvalue weighted by molar-refractivity contribution is 0.0954. The third kappa shape index (κ3) is 4.37. The summed E-state index contributed by atoms with van der Waals surface area (Å²) in [4.78, 5) is 12.2. The number of benzene rings is 2. The van der Waals surface area contributed by atoms with E-state index in [4.69, 9.17) is 25.8 Å². The van der Waals surface area contributed by atoms with Crippen molar-refractivity contribution in [2.45, 2.75) is 13.3 Å². The van der Waals surface area contributed by atoms with E-state index in [0.717, 1.165) is 11.3 Å². The molecule has 0 spiro atoms. The molecule has 2 aromatic rings. The summed E-state index contributed by atoms with van der Waals surface area (Å²) in [7, 11) is 0. The molecule has 2 aromatic carbocycles. The van der Waals surface area contributed by atoms with E-state index in [1.165, 1.54) is 0 Å². The van der Waals surface area contributed by atoms with Crippen molar-refractivity contribution in [1.82, 2.24) is 5.32 Å². The molecule has 0 atom stereocenters. The molecule has 5 nitrogen and oxygen atoms in total. The number of halogens is 1. The Bertz CT molecular complexity index is 746. The van der Waals surface area contributed by atoms with Crippen LogP contribution >= 0.6 is 11.6 Å². The second-order valence-corrected chi connectivity index (χ2v) is 5.97. The first-order valence-electron chi connectivity index (χ1n) is 8.26. The van der Waals surface area contributed by atoms with Gasteiger partial charge in [0.2, 0.25) is 0 Å². The summed E-state index contributed by atoms with van der Waals surface area (Å²) in [5, 5.41) is 3.44. The van der Waals surface area contributed by atoms with Crippen molar-refractivity contribution in [2.75, 3.05) is 26.4 Å². The average molecular weight is 362 g/mol. The number of carbonyl (C=O) groups is 1. The Morgan fingerprint density at radius 1 is 1.20 bits per heavy atom. The van der Waals surface area contributed by atoms with Gasteiger partial charge in [0.1, 0.15) is 19.0 Å². The highest BCUT2D eigenvalue weighted by atomic mass is 35.5. The topological polar surface area (TPSA) is 56.8 Å². The van der Waals surface area contributed by atoms with Gasteiger partial charge in [-0.25, -0.2) is 0 Å². The molecule has 132 valence electrons. The van der Waals surface area contributed by atoms with E-state index < -0.39 is 0 Å². The summed E-state index contributed by atoms with van der Waals surface area (Å²) < 4.78 is 16.4. The predicted octanol–water partition coefficient (Wildman–Crippen LogP) is 3.48. The zero-order valence-corrected chi connectivity index (χ0v) is 14.8. The van der Waals surface area contributed by atoms with Crippen LogP contribution in [0, 0.1) is 0 Å². The molecule has 0 radical (unpaired) electrons. The second-order valence-electron chi connectivity index (χ2n) is 5.57. The van der Waals surface area contributed by atoms with Crippen molar-refractivity contribution < 1.29 is 19.0 Å². The van der Waals surface area contributed by atoms with Crippen LogP contribution in [0.1, 0.15) is 22.8 Å². The van der Waals surface area contributed by atoms with Crippen LogP contribution in [-0.2, 0) is 6.42 Å². The molecule has 0 saturated heterocycles. The SMILES string of the molecule is CCOc1ccc(C(=O)NCCc2cc(Cl)c3c(c2)OCCO3)cc1. The van der Waals surface area contributed by atoms with E-state index in [-0.39, 0.29) is 5.91 Å². The molecule has 6 heteroatoms. The maximum Gasteiger partial charge on any atom is 0.251 e. The first kappa shape index (κ1) is 17.4. The van der Waals surface area contributed by atoms with Crippen LogP contribution in [0.15, 0.2) is 36.4 Å². The van der Waals surface area contributed by atoms with Crippen LogP contribution in [-0.4, -0.2) is 32.3 Å². The number of hydrogen-bond donors (Lipinski definition) is 1. The first-order chi connectivity index (χ1) is 12.2. The number of rotatable bonds is 6. The highest BCUT2D eigenvalue weighted by Crippen LogP contribution is 2.38. The maximum absolute atomic E-state index is 12.2. The Hall–Kier alpha value is -2.40. The second kappa shape index (κ2) is 8.12. The molecule has 0 bridgehead atoms. The van der Waals surface area contributed by atoms with Crippen LogP contribution < -0.4 is 19.5 Å². The molecule has 1 amide bonds. The third-order valence-electron chi connectivity index (χ3n) is 3.78. The van der Waals surface area contributed by atoms with Gasteiger partial charge in [-0.2, -0.15) is 0 Å². The van der Waals surface area contributed by atoms with Crippen LogP contribution in [0.3, 0.4) is 0 Å². The maximum atomic E-state index is 12.2. The van der Waals surface area contributed by atoms with Gasteiger partial charge in [-0.05, 0) is 55.3 Å². The standard InChI is InChI=1S/C19H20ClNO4/c1-2-23-15-5-3-14(4-6-15)19(22)21-8-7-13-11-16(20)18-17(12-13)24-9-10-25-18/h3-6,11-12H,2,7-10H2,1H3,(H,21,22). The molecular formula is C19H20ClNO4. The molecule has 1 N–H and O–H groups in total. The van der Waals surface area contributed by atoms with Gasteiger partial charge in [-0.3, -0.25) is 4.79 Å². The molecule has 1 heterocycles. The Morgan fingerprint density at radius 2 is 1.96 bits per heavy atom. The molecular weight excluding hydrogens is 342 g/mol. The predicted molar refractivity (Wildman–Crippen MR) is 96.1 cm³/mol. The number of amides is 1. The summed E-state index contributed by atoms with van der Waals surface area (Å²) in [6.45, 7) is 4.04. The monoisotopic (exact) mass is 361 g/mol. The quantitative estimate of drug-likeness (QED) is 0.855.